The van der Waals surface area contributed by atoms with Gasteiger partial charge >= 0.3 is 5.97 Å². The van der Waals surface area contributed by atoms with E-state index in [2.05, 4.69) is 21.2 Å². The second kappa shape index (κ2) is 8.11. The van der Waals surface area contributed by atoms with Gasteiger partial charge in [-0.1, -0.05) is 6.07 Å². The van der Waals surface area contributed by atoms with Crippen molar-refractivity contribution in [1.29, 1.82) is 0 Å². The molecule has 0 radical (unpaired) electrons. The lowest BCUT2D eigenvalue weighted by atomic mass is 10.2. The third-order valence-electron chi connectivity index (χ3n) is 2.21. The van der Waals surface area contributed by atoms with Crippen LogP contribution in [-0.4, -0.2) is 32.3 Å². The van der Waals surface area contributed by atoms with Crippen molar-refractivity contribution in [3.05, 3.63) is 28.2 Å². The Balaban J connectivity index is 2.20. The highest BCUT2D eigenvalue weighted by molar-refractivity contribution is 9.10. The van der Waals surface area contributed by atoms with Crippen LogP contribution >= 0.6 is 15.9 Å². The van der Waals surface area contributed by atoms with Gasteiger partial charge in [0.2, 0.25) is 0 Å². The molecule has 0 saturated carbocycles. The summed E-state index contributed by atoms with van der Waals surface area (Å²) in [5.41, 5.74) is 2.21. The molecule has 5 heteroatoms. The van der Waals surface area contributed by atoms with Gasteiger partial charge in [0, 0.05) is 16.7 Å². The molecule has 1 rings (SSSR count). The van der Waals surface area contributed by atoms with E-state index in [-0.39, 0.29) is 12.6 Å². The molecule has 0 amide bonds. The normalized spacial score (nSPS) is 10.2. The molecule has 0 saturated heterocycles. The minimum absolute atomic E-state index is 0.00455. The first-order valence-corrected chi connectivity index (χ1v) is 6.66. The maximum atomic E-state index is 11.0. The van der Waals surface area contributed by atoms with E-state index >= 15 is 0 Å². The number of carbonyl (C=O) groups is 1. The number of hydrogen-bond acceptors (Lipinski definition) is 4. The lowest BCUT2D eigenvalue weighted by molar-refractivity contribution is -0.148. The number of hydrogen-bond donors (Lipinski definition) is 1. The van der Waals surface area contributed by atoms with Crippen molar-refractivity contribution in [3.8, 4) is 0 Å². The van der Waals surface area contributed by atoms with Crippen LogP contribution in [0.1, 0.15) is 12.5 Å². The molecule has 1 N–H and O–H groups in total. The maximum absolute atomic E-state index is 11.0. The van der Waals surface area contributed by atoms with Crippen LogP contribution in [0.15, 0.2) is 22.7 Å². The first-order valence-electron chi connectivity index (χ1n) is 5.87. The molecule has 1 aromatic carbocycles. The Morgan fingerprint density at radius 3 is 2.89 bits per heavy atom. The summed E-state index contributed by atoms with van der Waals surface area (Å²) in [5, 5.41) is 3.22. The van der Waals surface area contributed by atoms with E-state index in [9.17, 15) is 4.79 Å². The summed E-state index contributed by atoms with van der Waals surface area (Å²) in [6.45, 7) is 5.30. The van der Waals surface area contributed by atoms with Gasteiger partial charge in [-0.3, -0.25) is 0 Å². The Hall–Kier alpha value is -1.07. The lowest BCUT2D eigenvalue weighted by Gasteiger charge is -2.09. The molecule has 0 spiro atoms. The van der Waals surface area contributed by atoms with Crippen molar-refractivity contribution in [3.63, 3.8) is 0 Å². The van der Waals surface area contributed by atoms with Gasteiger partial charge in [-0.25, -0.2) is 4.79 Å². The molecule has 0 aliphatic rings. The lowest BCUT2D eigenvalue weighted by Crippen LogP contribution is -2.16. The Morgan fingerprint density at radius 1 is 1.44 bits per heavy atom. The smallest absolute Gasteiger partial charge is 0.332 e. The fourth-order valence-corrected chi connectivity index (χ4v) is 2.01. The molecule has 0 heterocycles. The topological polar surface area (TPSA) is 47.6 Å². The van der Waals surface area contributed by atoms with Crippen LogP contribution in [0.4, 0.5) is 5.69 Å². The fraction of sp³-hybridized carbons (Fsp3) is 0.462. The molecule has 0 aromatic heterocycles. The van der Waals surface area contributed by atoms with E-state index in [1.807, 2.05) is 25.1 Å². The van der Waals surface area contributed by atoms with Crippen molar-refractivity contribution in [2.45, 2.75) is 13.8 Å². The fourth-order valence-electron chi connectivity index (χ4n) is 1.38. The third-order valence-corrected chi connectivity index (χ3v) is 2.87. The molecule has 0 bridgehead atoms. The predicted octanol–water partition coefficient (Wildman–Crippen LogP) is 2.75. The Morgan fingerprint density at radius 2 is 2.22 bits per heavy atom. The molecule has 0 fully saturated rings. The van der Waals surface area contributed by atoms with Crippen LogP contribution in [0.3, 0.4) is 0 Å². The van der Waals surface area contributed by atoms with Gasteiger partial charge in [0.1, 0.15) is 6.61 Å². The van der Waals surface area contributed by atoms with E-state index in [1.54, 1.807) is 6.92 Å². The maximum Gasteiger partial charge on any atom is 0.332 e. The van der Waals surface area contributed by atoms with Crippen molar-refractivity contribution in [1.82, 2.24) is 0 Å². The van der Waals surface area contributed by atoms with Crippen molar-refractivity contribution < 1.29 is 14.3 Å². The molecule has 0 unspecified atom stereocenters. The molecule has 0 aliphatic carbocycles. The molecule has 100 valence electrons. The summed E-state index contributed by atoms with van der Waals surface area (Å²) < 4.78 is 10.9. The summed E-state index contributed by atoms with van der Waals surface area (Å²) >= 11 is 3.48. The Bertz CT molecular complexity index is 396. The van der Waals surface area contributed by atoms with Gasteiger partial charge in [-0.15, -0.1) is 0 Å². The first-order chi connectivity index (χ1) is 8.63. The monoisotopic (exact) mass is 315 g/mol. The molecule has 0 atom stereocenters. The van der Waals surface area contributed by atoms with E-state index < -0.39 is 0 Å². The number of rotatable bonds is 7. The third kappa shape index (κ3) is 5.51. The van der Waals surface area contributed by atoms with Crippen LogP contribution in [0, 0.1) is 6.92 Å². The van der Waals surface area contributed by atoms with Crippen LogP contribution in [0.25, 0.3) is 0 Å². The van der Waals surface area contributed by atoms with E-state index in [1.165, 1.54) is 5.56 Å². The zero-order valence-corrected chi connectivity index (χ0v) is 12.2. The van der Waals surface area contributed by atoms with Gasteiger partial charge in [-0.2, -0.15) is 0 Å². The SMILES string of the molecule is CCOC(=O)COCCNc1ccc(C)cc1Br. The zero-order chi connectivity index (χ0) is 13.4. The van der Waals surface area contributed by atoms with Gasteiger partial charge in [-0.05, 0) is 47.5 Å². The highest BCUT2D eigenvalue weighted by atomic mass is 79.9. The minimum Gasteiger partial charge on any atom is -0.464 e. The van der Waals surface area contributed by atoms with Gasteiger partial charge in [0.05, 0.1) is 13.2 Å². The second-order valence-electron chi connectivity index (χ2n) is 3.77. The first kappa shape index (κ1) is 15.0. The number of nitrogens with one attached hydrogen (secondary N) is 1. The molecular formula is C13H18BrNO3. The minimum atomic E-state index is -0.325. The van der Waals surface area contributed by atoms with E-state index in [0.717, 1.165) is 10.2 Å². The average molecular weight is 316 g/mol. The van der Waals surface area contributed by atoms with Crippen molar-refractivity contribution >= 4 is 27.6 Å². The number of halogens is 1. The van der Waals surface area contributed by atoms with Gasteiger partial charge < -0.3 is 14.8 Å². The Labute approximate surface area is 116 Å². The summed E-state index contributed by atoms with van der Waals surface area (Å²) in [4.78, 5) is 11.0. The van der Waals surface area contributed by atoms with Crippen LogP contribution < -0.4 is 5.32 Å². The van der Waals surface area contributed by atoms with E-state index in [0.29, 0.717) is 19.8 Å². The largest absolute Gasteiger partial charge is 0.464 e. The molecular weight excluding hydrogens is 298 g/mol. The number of benzene rings is 1. The second-order valence-corrected chi connectivity index (χ2v) is 4.62. The van der Waals surface area contributed by atoms with Crippen LogP contribution in [0.2, 0.25) is 0 Å². The average Bonchev–Trinajstić information content (AvgIpc) is 2.31. The highest BCUT2D eigenvalue weighted by Gasteiger charge is 2.02. The molecule has 4 nitrogen and oxygen atoms in total. The van der Waals surface area contributed by atoms with Crippen molar-refractivity contribution in [2.24, 2.45) is 0 Å². The van der Waals surface area contributed by atoms with Crippen LogP contribution in [0.5, 0.6) is 0 Å². The number of aryl methyl sites for hydroxylation is 1. The van der Waals surface area contributed by atoms with Gasteiger partial charge in [0.25, 0.3) is 0 Å². The summed E-state index contributed by atoms with van der Waals surface area (Å²) in [7, 11) is 0. The molecule has 18 heavy (non-hydrogen) atoms. The number of ether oxygens (including phenoxy) is 2. The highest BCUT2D eigenvalue weighted by Crippen LogP contribution is 2.22. The molecule has 0 aliphatic heterocycles. The quantitative estimate of drug-likeness (QED) is 0.621. The van der Waals surface area contributed by atoms with Crippen molar-refractivity contribution in [2.75, 3.05) is 31.7 Å². The number of carbonyl (C=O) groups excluding carboxylic acids is 1. The summed E-state index contributed by atoms with van der Waals surface area (Å²) in [6, 6.07) is 6.08. The number of esters is 1. The Kier molecular flexibility index (Phi) is 6.75. The molecule has 1 aromatic rings. The zero-order valence-electron chi connectivity index (χ0n) is 10.7. The van der Waals surface area contributed by atoms with E-state index in [4.69, 9.17) is 9.47 Å². The van der Waals surface area contributed by atoms with Gasteiger partial charge in [0.15, 0.2) is 0 Å². The standard InChI is InChI=1S/C13H18BrNO3/c1-3-18-13(16)9-17-7-6-15-12-5-4-10(2)8-11(12)14/h4-5,8,15H,3,6-7,9H2,1-2H3. The predicted molar refractivity (Wildman–Crippen MR) is 74.8 cm³/mol. The summed E-state index contributed by atoms with van der Waals surface area (Å²) in [6.07, 6.45) is 0. The summed E-state index contributed by atoms with van der Waals surface area (Å²) in [5.74, 6) is -0.325. The number of anilines is 1. The van der Waals surface area contributed by atoms with Crippen LogP contribution in [-0.2, 0) is 14.3 Å².